The zero-order chi connectivity index (χ0) is 16.2. The van der Waals surface area contributed by atoms with Crippen LogP contribution in [0.2, 0.25) is 0 Å². The van der Waals surface area contributed by atoms with Crippen molar-refractivity contribution in [1.82, 2.24) is 4.57 Å². The van der Waals surface area contributed by atoms with Crippen molar-refractivity contribution in [2.24, 2.45) is 4.99 Å². The van der Waals surface area contributed by atoms with Crippen LogP contribution in [-0.4, -0.2) is 22.5 Å². The molecule has 0 aliphatic heterocycles. The molecule has 0 saturated heterocycles. The molecule has 3 rings (SSSR count). The van der Waals surface area contributed by atoms with Crippen molar-refractivity contribution in [2.45, 2.75) is 19.9 Å². The van der Waals surface area contributed by atoms with Gasteiger partial charge in [-0.05, 0) is 42.5 Å². The topological polar surface area (TPSA) is 47.5 Å². The van der Waals surface area contributed by atoms with E-state index in [0.29, 0.717) is 0 Å². The fraction of sp³-hybridized carbons (Fsp3) is 0.294. The molecule has 0 bridgehead atoms. The monoisotopic (exact) mass is 346 g/mol. The number of thioether (sulfide) groups is 1. The highest BCUT2D eigenvalue weighted by molar-refractivity contribution is 7.98. The number of furan rings is 1. The molecule has 120 valence electrons. The van der Waals surface area contributed by atoms with E-state index in [9.17, 15) is 4.79 Å². The Morgan fingerprint density at radius 2 is 2.26 bits per heavy atom. The van der Waals surface area contributed by atoms with Gasteiger partial charge in [0, 0.05) is 12.3 Å². The molecule has 4 nitrogen and oxygen atoms in total. The van der Waals surface area contributed by atoms with Gasteiger partial charge in [-0.2, -0.15) is 16.8 Å². The van der Waals surface area contributed by atoms with Gasteiger partial charge in [0.2, 0.25) is 0 Å². The van der Waals surface area contributed by atoms with Gasteiger partial charge >= 0.3 is 5.91 Å². The number of fused-ring (bicyclic) bond motifs is 1. The number of carbonyl (C=O) groups is 1. The molecule has 0 aliphatic carbocycles. The minimum Gasteiger partial charge on any atom is -0.459 e. The summed E-state index contributed by atoms with van der Waals surface area (Å²) in [5.74, 6) is 0.909. The quantitative estimate of drug-likeness (QED) is 0.702. The summed E-state index contributed by atoms with van der Waals surface area (Å²) in [6.07, 6.45) is 4.56. The number of rotatable bonds is 5. The number of aromatic nitrogens is 1. The number of aryl methyl sites for hydroxylation is 2. The van der Waals surface area contributed by atoms with Crippen LogP contribution in [0.4, 0.5) is 0 Å². The van der Waals surface area contributed by atoms with Crippen LogP contribution in [0.15, 0.2) is 46.0 Å². The molecule has 0 fully saturated rings. The summed E-state index contributed by atoms with van der Waals surface area (Å²) >= 11 is 3.33. The summed E-state index contributed by atoms with van der Waals surface area (Å²) < 4.78 is 8.43. The van der Waals surface area contributed by atoms with Crippen molar-refractivity contribution >= 4 is 39.2 Å². The number of hydrogen-bond acceptors (Lipinski definition) is 4. The van der Waals surface area contributed by atoms with E-state index in [2.05, 4.69) is 40.9 Å². The first kappa shape index (κ1) is 16.1. The Bertz CT molecular complexity index is 876. The first-order chi connectivity index (χ1) is 11.2. The second kappa shape index (κ2) is 7.19. The molecule has 2 aromatic heterocycles. The molecule has 0 radical (unpaired) electrons. The van der Waals surface area contributed by atoms with Gasteiger partial charge in [-0.15, -0.1) is 0 Å². The highest BCUT2D eigenvalue weighted by Crippen LogP contribution is 2.20. The van der Waals surface area contributed by atoms with Crippen LogP contribution in [-0.2, 0) is 13.0 Å². The van der Waals surface area contributed by atoms with Crippen molar-refractivity contribution in [1.29, 1.82) is 0 Å². The summed E-state index contributed by atoms with van der Waals surface area (Å²) in [7, 11) is 0. The van der Waals surface area contributed by atoms with Crippen LogP contribution < -0.4 is 4.80 Å². The molecule has 6 heteroatoms. The maximum atomic E-state index is 12.2. The average Bonchev–Trinajstić information content (AvgIpc) is 3.20. The third-order valence-corrected chi connectivity index (χ3v) is 5.24. The van der Waals surface area contributed by atoms with Crippen LogP contribution in [0.25, 0.3) is 10.2 Å². The first-order valence-electron chi connectivity index (χ1n) is 7.46. The van der Waals surface area contributed by atoms with Gasteiger partial charge < -0.3 is 8.98 Å². The van der Waals surface area contributed by atoms with E-state index >= 15 is 0 Å². The molecule has 0 atom stereocenters. The molecular formula is C17H18N2O2S2. The Morgan fingerprint density at radius 3 is 2.96 bits per heavy atom. The number of amides is 1. The first-order valence-corrected chi connectivity index (χ1v) is 9.67. The van der Waals surface area contributed by atoms with Crippen LogP contribution in [0.1, 0.15) is 23.0 Å². The largest absolute Gasteiger partial charge is 0.459 e. The van der Waals surface area contributed by atoms with E-state index < -0.39 is 0 Å². The smallest absolute Gasteiger partial charge is 0.315 e. The minimum atomic E-state index is -0.338. The van der Waals surface area contributed by atoms with Crippen LogP contribution >= 0.6 is 23.1 Å². The van der Waals surface area contributed by atoms with Crippen molar-refractivity contribution in [3.05, 3.63) is 52.7 Å². The van der Waals surface area contributed by atoms with E-state index in [4.69, 9.17) is 4.42 Å². The normalized spacial score (nSPS) is 12.2. The summed E-state index contributed by atoms with van der Waals surface area (Å²) in [5, 5.41) is 0. The van der Waals surface area contributed by atoms with E-state index in [-0.39, 0.29) is 11.7 Å². The lowest BCUT2D eigenvalue weighted by Gasteiger charge is -2.04. The molecule has 3 aromatic rings. The highest BCUT2D eigenvalue weighted by atomic mass is 32.2. The maximum absolute atomic E-state index is 12.2. The molecule has 0 N–H and O–H groups in total. The second-order valence-electron chi connectivity index (χ2n) is 5.08. The standard InChI is InChI=1S/C17H18N2O2S2/c1-3-12-6-7-13-15(11-12)23-17(19(13)8-10-22-2)18-16(20)14-5-4-9-21-14/h4-7,9,11H,3,8,10H2,1-2H3. The van der Waals surface area contributed by atoms with Gasteiger partial charge in [-0.1, -0.05) is 24.3 Å². The molecule has 1 amide bonds. The van der Waals surface area contributed by atoms with Crippen molar-refractivity contribution < 1.29 is 9.21 Å². The predicted molar refractivity (Wildman–Crippen MR) is 96.2 cm³/mol. The van der Waals surface area contributed by atoms with Crippen LogP contribution in [0.5, 0.6) is 0 Å². The van der Waals surface area contributed by atoms with E-state index in [1.54, 1.807) is 35.2 Å². The number of carbonyl (C=O) groups excluding carboxylic acids is 1. The highest BCUT2D eigenvalue weighted by Gasteiger charge is 2.11. The summed E-state index contributed by atoms with van der Waals surface area (Å²) in [4.78, 5) is 17.2. The second-order valence-corrected chi connectivity index (χ2v) is 7.07. The number of hydrogen-bond donors (Lipinski definition) is 0. The van der Waals surface area contributed by atoms with Crippen molar-refractivity contribution in [3.8, 4) is 0 Å². The van der Waals surface area contributed by atoms with E-state index in [1.807, 2.05) is 0 Å². The number of benzene rings is 1. The minimum absolute atomic E-state index is 0.271. The SMILES string of the molecule is CCc1ccc2c(c1)sc(=NC(=O)c1ccco1)n2CCSC. The van der Waals surface area contributed by atoms with E-state index in [0.717, 1.165) is 33.7 Å². The number of nitrogens with zero attached hydrogens (tertiary/aromatic N) is 2. The average molecular weight is 346 g/mol. The fourth-order valence-corrected chi connectivity index (χ4v) is 3.85. The maximum Gasteiger partial charge on any atom is 0.315 e. The molecule has 0 aliphatic rings. The predicted octanol–water partition coefficient (Wildman–Crippen LogP) is 3.96. The van der Waals surface area contributed by atoms with Gasteiger partial charge in [0.1, 0.15) is 0 Å². The van der Waals surface area contributed by atoms with Gasteiger partial charge in [0.15, 0.2) is 10.6 Å². The van der Waals surface area contributed by atoms with Crippen molar-refractivity contribution in [3.63, 3.8) is 0 Å². The van der Waals surface area contributed by atoms with Crippen LogP contribution in [0.3, 0.4) is 0 Å². The molecule has 1 aromatic carbocycles. The van der Waals surface area contributed by atoms with Gasteiger partial charge in [-0.25, -0.2) is 0 Å². The lowest BCUT2D eigenvalue weighted by atomic mass is 10.2. The molecule has 2 heterocycles. The zero-order valence-corrected chi connectivity index (χ0v) is 14.7. The van der Waals surface area contributed by atoms with Gasteiger partial charge in [-0.3, -0.25) is 4.79 Å². The van der Waals surface area contributed by atoms with Gasteiger partial charge in [0.25, 0.3) is 0 Å². The molecule has 0 unspecified atom stereocenters. The Labute approximate surface area is 142 Å². The summed E-state index contributed by atoms with van der Waals surface area (Å²) in [6.45, 7) is 2.97. The number of thiazole rings is 1. The third-order valence-electron chi connectivity index (χ3n) is 3.60. The Morgan fingerprint density at radius 1 is 1.39 bits per heavy atom. The summed E-state index contributed by atoms with van der Waals surface area (Å²) in [5.41, 5.74) is 2.42. The Hall–Kier alpha value is -1.79. The van der Waals surface area contributed by atoms with Gasteiger partial charge in [0.05, 0.1) is 16.5 Å². The summed E-state index contributed by atoms with van der Waals surface area (Å²) in [6, 6.07) is 9.79. The lowest BCUT2D eigenvalue weighted by molar-refractivity contribution is 0.0971. The molecule has 0 saturated carbocycles. The van der Waals surface area contributed by atoms with Crippen molar-refractivity contribution in [2.75, 3.05) is 12.0 Å². The Balaban J connectivity index is 2.11. The molecule has 0 spiro atoms. The third kappa shape index (κ3) is 3.43. The van der Waals surface area contributed by atoms with E-state index in [1.165, 1.54) is 11.8 Å². The molecule has 23 heavy (non-hydrogen) atoms. The van der Waals surface area contributed by atoms with Crippen LogP contribution in [0, 0.1) is 0 Å². The molecular weight excluding hydrogens is 328 g/mol. The zero-order valence-electron chi connectivity index (χ0n) is 13.1. The lowest BCUT2D eigenvalue weighted by Crippen LogP contribution is -2.18. The fourth-order valence-electron chi connectivity index (χ4n) is 2.36. The Kier molecular flexibility index (Phi) is 5.03.